The molecule has 7 nitrogen and oxygen atoms in total. The van der Waals surface area contributed by atoms with E-state index >= 15 is 0 Å². The third-order valence-electron chi connectivity index (χ3n) is 5.75. The van der Waals surface area contributed by atoms with E-state index in [0.29, 0.717) is 18.8 Å². The second-order valence-corrected chi connectivity index (χ2v) is 10.2. The normalized spacial score (nSPS) is 18.4. The number of sulfonamides is 1. The molecule has 32 heavy (non-hydrogen) atoms. The highest BCUT2D eigenvalue weighted by Gasteiger charge is 2.30. The van der Waals surface area contributed by atoms with Gasteiger partial charge in [-0.1, -0.05) is 35.9 Å². The summed E-state index contributed by atoms with van der Waals surface area (Å²) in [7, 11) is -3.73. The number of benzene rings is 2. The molecule has 2 aliphatic heterocycles. The van der Waals surface area contributed by atoms with Crippen molar-refractivity contribution in [3.8, 4) is 0 Å². The van der Waals surface area contributed by atoms with Crippen LogP contribution >= 0.6 is 11.6 Å². The molecule has 2 aromatic carbocycles. The van der Waals surface area contributed by atoms with Crippen LogP contribution in [0.2, 0.25) is 5.02 Å². The van der Waals surface area contributed by atoms with Crippen LogP contribution in [-0.4, -0.2) is 42.5 Å². The number of fused-ring (bicyclic) bond motifs is 1. The zero-order chi connectivity index (χ0) is 22.9. The average molecular weight is 474 g/mol. The molecule has 1 N–H and O–H groups in total. The standard InChI is InChI=1S/C23H24ClN3O4S/c1-16(28)27-13-10-17-6-2-3-7-19(17)21(27)15-23(29)25-18-8-9-20(24)22(14-18)32(30,31)26-11-4-5-12-26/h2-3,6-10,13-14,21H,4-5,11-12,15H2,1H3,(H,25,29)/t21-/m1/s1. The van der Waals surface area contributed by atoms with Crippen LogP contribution in [0.3, 0.4) is 0 Å². The number of anilines is 1. The predicted molar refractivity (Wildman–Crippen MR) is 123 cm³/mol. The Hall–Kier alpha value is -2.68. The van der Waals surface area contributed by atoms with Gasteiger partial charge in [0.1, 0.15) is 4.90 Å². The fraction of sp³-hybridized carbons (Fsp3) is 0.304. The maximum absolute atomic E-state index is 12.9. The number of hydrogen-bond donors (Lipinski definition) is 1. The summed E-state index contributed by atoms with van der Waals surface area (Å²) in [6.45, 7) is 2.38. The molecule has 0 unspecified atom stereocenters. The Morgan fingerprint density at radius 2 is 1.84 bits per heavy atom. The lowest BCUT2D eigenvalue weighted by Crippen LogP contribution is -2.33. The summed E-state index contributed by atoms with van der Waals surface area (Å²) in [5.41, 5.74) is 2.17. The second kappa shape index (κ2) is 9.05. The number of nitrogens with one attached hydrogen (secondary N) is 1. The van der Waals surface area contributed by atoms with Gasteiger partial charge in [-0.3, -0.25) is 9.59 Å². The molecule has 0 radical (unpaired) electrons. The molecule has 0 aromatic heterocycles. The fourth-order valence-electron chi connectivity index (χ4n) is 4.15. The monoisotopic (exact) mass is 473 g/mol. The highest BCUT2D eigenvalue weighted by atomic mass is 35.5. The van der Waals surface area contributed by atoms with Crippen molar-refractivity contribution in [2.75, 3.05) is 18.4 Å². The number of carbonyl (C=O) groups excluding carboxylic acids is 2. The van der Waals surface area contributed by atoms with Gasteiger partial charge in [0.25, 0.3) is 0 Å². The van der Waals surface area contributed by atoms with Crippen molar-refractivity contribution in [2.24, 2.45) is 0 Å². The van der Waals surface area contributed by atoms with Gasteiger partial charge in [0, 0.05) is 31.9 Å². The number of halogens is 1. The van der Waals surface area contributed by atoms with E-state index in [-0.39, 0.29) is 28.2 Å². The smallest absolute Gasteiger partial charge is 0.244 e. The van der Waals surface area contributed by atoms with Gasteiger partial charge in [-0.15, -0.1) is 0 Å². The zero-order valence-electron chi connectivity index (χ0n) is 17.6. The van der Waals surface area contributed by atoms with E-state index in [1.165, 1.54) is 28.3 Å². The molecule has 168 valence electrons. The molecule has 0 aliphatic carbocycles. The van der Waals surface area contributed by atoms with Crippen molar-refractivity contribution >= 4 is 45.2 Å². The minimum Gasteiger partial charge on any atom is -0.326 e. The molecule has 0 bridgehead atoms. The van der Waals surface area contributed by atoms with Crippen LogP contribution in [0.1, 0.15) is 43.4 Å². The maximum atomic E-state index is 12.9. The maximum Gasteiger partial charge on any atom is 0.244 e. The third kappa shape index (κ3) is 4.44. The quantitative estimate of drug-likeness (QED) is 0.710. The van der Waals surface area contributed by atoms with Crippen LogP contribution in [-0.2, 0) is 19.6 Å². The molecule has 1 saturated heterocycles. The van der Waals surface area contributed by atoms with E-state index in [9.17, 15) is 18.0 Å². The first-order valence-corrected chi connectivity index (χ1v) is 12.2. The van der Waals surface area contributed by atoms with Crippen molar-refractivity contribution in [1.82, 2.24) is 9.21 Å². The van der Waals surface area contributed by atoms with Crippen LogP contribution < -0.4 is 5.32 Å². The lowest BCUT2D eigenvalue weighted by atomic mass is 9.93. The van der Waals surface area contributed by atoms with Gasteiger partial charge >= 0.3 is 0 Å². The molecular weight excluding hydrogens is 450 g/mol. The number of carbonyl (C=O) groups is 2. The molecule has 2 heterocycles. The molecule has 2 amide bonds. The predicted octanol–water partition coefficient (Wildman–Crippen LogP) is 4.03. The molecule has 4 rings (SSSR count). The summed E-state index contributed by atoms with van der Waals surface area (Å²) in [6.07, 6.45) is 5.19. The molecule has 1 atom stereocenters. The van der Waals surface area contributed by atoms with Crippen LogP contribution in [0, 0.1) is 0 Å². The lowest BCUT2D eigenvalue weighted by molar-refractivity contribution is -0.129. The zero-order valence-corrected chi connectivity index (χ0v) is 19.2. The Labute approximate surface area is 192 Å². The SMILES string of the molecule is CC(=O)N1C=Cc2ccccc2[C@H]1CC(=O)Nc1ccc(Cl)c(S(=O)(=O)N2CCCC2)c1. The largest absolute Gasteiger partial charge is 0.326 e. The molecule has 2 aromatic rings. The summed E-state index contributed by atoms with van der Waals surface area (Å²) in [6, 6.07) is 11.6. The molecule has 1 fully saturated rings. The van der Waals surface area contributed by atoms with E-state index in [2.05, 4.69) is 5.32 Å². The molecule has 2 aliphatic rings. The summed E-state index contributed by atoms with van der Waals surface area (Å²) >= 11 is 6.19. The van der Waals surface area contributed by atoms with E-state index in [1.54, 1.807) is 12.3 Å². The Morgan fingerprint density at radius 1 is 1.12 bits per heavy atom. The first-order valence-electron chi connectivity index (χ1n) is 10.4. The van der Waals surface area contributed by atoms with Crippen LogP contribution in [0.5, 0.6) is 0 Å². The highest BCUT2D eigenvalue weighted by Crippen LogP contribution is 2.34. The number of amides is 2. The Morgan fingerprint density at radius 3 is 2.56 bits per heavy atom. The van der Waals surface area contributed by atoms with Crippen LogP contribution in [0.15, 0.2) is 53.6 Å². The Kier molecular flexibility index (Phi) is 6.37. The van der Waals surface area contributed by atoms with Gasteiger partial charge in [-0.2, -0.15) is 4.31 Å². The Bertz CT molecular complexity index is 1190. The third-order valence-corrected chi connectivity index (χ3v) is 8.13. The van der Waals surface area contributed by atoms with Gasteiger partial charge in [-0.05, 0) is 48.2 Å². The fourth-order valence-corrected chi connectivity index (χ4v) is 6.16. The van der Waals surface area contributed by atoms with Crippen molar-refractivity contribution < 1.29 is 18.0 Å². The topological polar surface area (TPSA) is 86.8 Å². The lowest BCUT2D eigenvalue weighted by Gasteiger charge is -2.32. The number of nitrogens with zero attached hydrogens (tertiary/aromatic N) is 2. The highest BCUT2D eigenvalue weighted by molar-refractivity contribution is 7.89. The number of rotatable bonds is 5. The van der Waals surface area contributed by atoms with Gasteiger partial charge in [-0.25, -0.2) is 8.42 Å². The second-order valence-electron chi connectivity index (χ2n) is 7.90. The van der Waals surface area contributed by atoms with E-state index in [1.807, 2.05) is 30.3 Å². The molecule has 0 saturated carbocycles. The van der Waals surface area contributed by atoms with Gasteiger partial charge in [0.2, 0.25) is 21.8 Å². The minimum absolute atomic E-state index is 0.0184. The van der Waals surface area contributed by atoms with Crippen molar-refractivity contribution in [2.45, 2.75) is 37.1 Å². The van der Waals surface area contributed by atoms with Gasteiger partial charge in [0.15, 0.2) is 0 Å². The first-order chi connectivity index (χ1) is 15.3. The van der Waals surface area contributed by atoms with E-state index < -0.39 is 16.1 Å². The summed E-state index contributed by atoms with van der Waals surface area (Å²) in [4.78, 5) is 26.5. The van der Waals surface area contributed by atoms with Crippen molar-refractivity contribution in [3.05, 3.63) is 64.8 Å². The van der Waals surface area contributed by atoms with Crippen LogP contribution in [0.4, 0.5) is 5.69 Å². The van der Waals surface area contributed by atoms with E-state index in [4.69, 9.17) is 11.6 Å². The number of hydrogen-bond acceptors (Lipinski definition) is 4. The molecular formula is C23H24ClN3O4S. The Balaban J connectivity index is 1.55. The summed E-state index contributed by atoms with van der Waals surface area (Å²) < 4.78 is 27.3. The molecule has 9 heteroatoms. The van der Waals surface area contributed by atoms with E-state index in [0.717, 1.165) is 24.0 Å². The van der Waals surface area contributed by atoms with Crippen LogP contribution in [0.25, 0.3) is 6.08 Å². The molecule has 0 spiro atoms. The van der Waals surface area contributed by atoms with Gasteiger partial charge in [0.05, 0.1) is 17.5 Å². The van der Waals surface area contributed by atoms with Crippen molar-refractivity contribution in [3.63, 3.8) is 0 Å². The minimum atomic E-state index is -3.73. The first kappa shape index (κ1) is 22.5. The summed E-state index contributed by atoms with van der Waals surface area (Å²) in [5, 5.41) is 2.88. The van der Waals surface area contributed by atoms with Crippen molar-refractivity contribution in [1.29, 1.82) is 0 Å². The van der Waals surface area contributed by atoms with Gasteiger partial charge < -0.3 is 10.2 Å². The summed E-state index contributed by atoms with van der Waals surface area (Å²) in [5.74, 6) is -0.503. The average Bonchev–Trinajstić information content (AvgIpc) is 3.31.